The maximum absolute atomic E-state index is 13.3. The second-order valence-corrected chi connectivity index (χ2v) is 10.6. The number of carbonyl (C=O) groups excluding carboxylic acids is 2. The van der Waals surface area contributed by atoms with Crippen molar-refractivity contribution in [1.82, 2.24) is 4.90 Å². The lowest BCUT2D eigenvalue weighted by molar-refractivity contribution is -0.141. The first-order chi connectivity index (χ1) is 15.0. The van der Waals surface area contributed by atoms with Crippen LogP contribution in [0.3, 0.4) is 0 Å². The Morgan fingerprint density at radius 3 is 2.42 bits per heavy atom. The van der Waals surface area contributed by atoms with E-state index in [1.807, 2.05) is 30.3 Å². The summed E-state index contributed by atoms with van der Waals surface area (Å²) >= 11 is 0. The van der Waals surface area contributed by atoms with Gasteiger partial charge in [0.25, 0.3) is 5.91 Å². The Morgan fingerprint density at radius 1 is 0.968 bits per heavy atom. The molecule has 2 amide bonds. The topological polar surface area (TPSA) is 83.6 Å². The molecule has 6 nitrogen and oxygen atoms in total. The van der Waals surface area contributed by atoms with Crippen molar-refractivity contribution >= 4 is 27.3 Å². The van der Waals surface area contributed by atoms with E-state index in [9.17, 15) is 18.0 Å². The molecule has 1 aliphatic carbocycles. The molecule has 0 spiro atoms. The van der Waals surface area contributed by atoms with Crippen molar-refractivity contribution in [3.05, 3.63) is 60.2 Å². The number of carbonyl (C=O) groups is 2. The Labute approximate surface area is 183 Å². The number of amides is 2. The third kappa shape index (κ3) is 4.66. The van der Waals surface area contributed by atoms with E-state index in [-0.39, 0.29) is 22.0 Å². The zero-order chi connectivity index (χ0) is 21.8. The highest BCUT2D eigenvalue weighted by atomic mass is 32.2. The number of anilines is 1. The molecule has 31 heavy (non-hydrogen) atoms. The van der Waals surface area contributed by atoms with Gasteiger partial charge in [-0.2, -0.15) is 0 Å². The van der Waals surface area contributed by atoms with Gasteiger partial charge in [-0.15, -0.1) is 0 Å². The Balaban J connectivity index is 1.60. The van der Waals surface area contributed by atoms with Crippen LogP contribution in [-0.2, 0) is 19.4 Å². The van der Waals surface area contributed by atoms with E-state index in [4.69, 9.17) is 0 Å². The second kappa shape index (κ2) is 9.22. The van der Waals surface area contributed by atoms with Gasteiger partial charge in [0.15, 0.2) is 9.84 Å². The Hall–Kier alpha value is -2.67. The first-order valence-electron chi connectivity index (χ1n) is 11.0. The fraction of sp³-hybridized carbons (Fsp3) is 0.417. The first kappa shape index (κ1) is 21.6. The molecule has 1 aliphatic heterocycles. The summed E-state index contributed by atoms with van der Waals surface area (Å²) < 4.78 is 25.9. The fourth-order valence-electron chi connectivity index (χ4n) is 4.56. The minimum absolute atomic E-state index is 0.0344. The number of rotatable bonds is 6. The number of sulfone groups is 1. The van der Waals surface area contributed by atoms with Crippen LogP contribution in [0.15, 0.2) is 59.5 Å². The van der Waals surface area contributed by atoms with Crippen LogP contribution < -0.4 is 5.32 Å². The highest BCUT2D eigenvalue weighted by molar-refractivity contribution is 7.92. The molecule has 1 atom stereocenters. The molecule has 2 fully saturated rings. The van der Waals surface area contributed by atoms with Crippen molar-refractivity contribution in [2.75, 3.05) is 11.9 Å². The molecule has 2 aromatic rings. The van der Waals surface area contributed by atoms with Crippen molar-refractivity contribution in [1.29, 1.82) is 0 Å². The molecule has 2 aromatic carbocycles. The minimum Gasteiger partial charge on any atom is -0.327 e. The molecule has 0 aromatic heterocycles. The van der Waals surface area contributed by atoms with Gasteiger partial charge in [-0.25, -0.2) is 8.42 Å². The van der Waals surface area contributed by atoms with Crippen LogP contribution in [0.1, 0.15) is 56.6 Å². The third-order valence-corrected chi connectivity index (χ3v) is 8.47. The quantitative estimate of drug-likeness (QED) is 0.733. The summed E-state index contributed by atoms with van der Waals surface area (Å²) in [7, 11) is -3.41. The smallest absolute Gasteiger partial charge is 0.251 e. The van der Waals surface area contributed by atoms with Gasteiger partial charge in [0.1, 0.15) is 6.04 Å². The Morgan fingerprint density at radius 2 is 1.71 bits per heavy atom. The van der Waals surface area contributed by atoms with Crippen LogP contribution in [-0.4, -0.2) is 36.9 Å². The van der Waals surface area contributed by atoms with Crippen molar-refractivity contribution in [3.8, 4) is 0 Å². The van der Waals surface area contributed by atoms with E-state index in [0.717, 1.165) is 31.2 Å². The molecule has 1 saturated carbocycles. The van der Waals surface area contributed by atoms with Gasteiger partial charge in [-0.1, -0.05) is 49.2 Å². The minimum atomic E-state index is -3.41. The molecule has 7 heteroatoms. The van der Waals surface area contributed by atoms with Crippen LogP contribution in [0.4, 0.5) is 5.69 Å². The van der Waals surface area contributed by atoms with E-state index < -0.39 is 15.9 Å². The molecule has 2 aliphatic rings. The van der Waals surface area contributed by atoms with Gasteiger partial charge in [0.2, 0.25) is 5.91 Å². The molecule has 1 heterocycles. The number of nitrogens with one attached hydrogen (secondary N) is 1. The highest BCUT2D eigenvalue weighted by Crippen LogP contribution is 2.31. The van der Waals surface area contributed by atoms with Crippen molar-refractivity contribution in [2.24, 2.45) is 0 Å². The van der Waals surface area contributed by atoms with Gasteiger partial charge in [0.05, 0.1) is 10.1 Å². The lowest BCUT2D eigenvalue weighted by atomic mass is 10.0. The largest absolute Gasteiger partial charge is 0.327 e. The lowest BCUT2D eigenvalue weighted by Gasteiger charge is -2.34. The van der Waals surface area contributed by atoms with E-state index >= 15 is 0 Å². The second-order valence-electron chi connectivity index (χ2n) is 8.33. The van der Waals surface area contributed by atoms with Gasteiger partial charge < -0.3 is 10.2 Å². The summed E-state index contributed by atoms with van der Waals surface area (Å²) in [6.07, 6.45) is 5.37. The summed E-state index contributed by atoms with van der Waals surface area (Å²) in [5.74, 6) is -0.371. The molecule has 4 rings (SSSR count). The van der Waals surface area contributed by atoms with Crippen molar-refractivity contribution in [3.63, 3.8) is 0 Å². The number of piperidine rings is 1. The van der Waals surface area contributed by atoms with E-state index in [1.165, 1.54) is 6.07 Å². The lowest BCUT2D eigenvalue weighted by Crippen LogP contribution is -2.43. The molecule has 1 N–H and O–H groups in total. The van der Waals surface area contributed by atoms with Gasteiger partial charge >= 0.3 is 0 Å². The van der Waals surface area contributed by atoms with Crippen molar-refractivity contribution < 1.29 is 18.0 Å². The van der Waals surface area contributed by atoms with E-state index in [0.29, 0.717) is 31.5 Å². The molecule has 0 radical (unpaired) electrons. The SMILES string of the molecule is O=C(Nc1cccc(S(=O)(=O)C2CCCC2)c1)C(c1ccccc1)N1CCCCC1=O. The molecule has 0 bridgehead atoms. The van der Waals surface area contributed by atoms with Crippen LogP contribution in [0.2, 0.25) is 0 Å². The van der Waals surface area contributed by atoms with E-state index in [2.05, 4.69) is 5.32 Å². The molecule has 1 saturated heterocycles. The number of hydrogen-bond acceptors (Lipinski definition) is 4. The summed E-state index contributed by atoms with van der Waals surface area (Å²) in [4.78, 5) is 27.8. The van der Waals surface area contributed by atoms with Crippen LogP contribution in [0, 0.1) is 0 Å². The number of likely N-dealkylation sites (tertiary alicyclic amines) is 1. The van der Waals surface area contributed by atoms with Gasteiger partial charge in [-0.05, 0) is 49.4 Å². The molecule has 1 unspecified atom stereocenters. The van der Waals surface area contributed by atoms with E-state index in [1.54, 1.807) is 23.1 Å². The predicted molar refractivity (Wildman–Crippen MR) is 119 cm³/mol. The summed E-state index contributed by atoms with van der Waals surface area (Å²) in [5.41, 5.74) is 1.17. The van der Waals surface area contributed by atoms with Gasteiger partial charge in [-0.3, -0.25) is 9.59 Å². The monoisotopic (exact) mass is 440 g/mol. The van der Waals surface area contributed by atoms with Crippen LogP contribution in [0.5, 0.6) is 0 Å². The molecular formula is C24H28N2O4S. The molecular weight excluding hydrogens is 412 g/mol. The number of nitrogens with zero attached hydrogens (tertiary/aromatic N) is 1. The Kier molecular flexibility index (Phi) is 6.41. The summed E-state index contributed by atoms with van der Waals surface area (Å²) in [6.45, 7) is 0.530. The number of hydrogen-bond donors (Lipinski definition) is 1. The maximum Gasteiger partial charge on any atom is 0.251 e. The molecule has 164 valence electrons. The first-order valence-corrected chi connectivity index (χ1v) is 12.5. The summed E-state index contributed by atoms with van der Waals surface area (Å²) in [6, 6.07) is 15.0. The average molecular weight is 441 g/mol. The normalized spacial score (nSPS) is 18.7. The fourth-order valence-corrected chi connectivity index (χ4v) is 6.46. The third-order valence-electron chi connectivity index (χ3n) is 6.21. The number of benzene rings is 2. The standard InChI is InChI=1S/C24H28N2O4S/c27-22-15-6-7-16-26(22)23(18-9-2-1-3-10-18)24(28)25-19-11-8-14-21(17-19)31(29,30)20-12-4-5-13-20/h1-3,8-11,14,17,20,23H,4-7,12-13,15-16H2,(H,25,28). The Bertz CT molecular complexity index is 1050. The zero-order valence-electron chi connectivity index (χ0n) is 17.5. The predicted octanol–water partition coefficient (Wildman–Crippen LogP) is 4.10. The maximum atomic E-state index is 13.3. The average Bonchev–Trinajstić information content (AvgIpc) is 3.32. The van der Waals surface area contributed by atoms with Crippen molar-refractivity contribution in [2.45, 2.75) is 61.1 Å². The summed E-state index contributed by atoms with van der Waals surface area (Å²) in [5, 5.41) is 2.52. The van der Waals surface area contributed by atoms with Crippen LogP contribution in [0.25, 0.3) is 0 Å². The van der Waals surface area contributed by atoms with Gasteiger partial charge in [0, 0.05) is 18.7 Å². The van der Waals surface area contributed by atoms with Crippen LogP contribution >= 0.6 is 0 Å². The highest BCUT2D eigenvalue weighted by Gasteiger charge is 2.33. The zero-order valence-corrected chi connectivity index (χ0v) is 18.3.